The molecule has 1 fully saturated rings. The molecule has 1 aromatic rings. The molecule has 1 atom stereocenters. The van der Waals surface area contributed by atoms with Crippen LogP contribution in [0.3, 0.4) is 0 Å². The molecule has 1 heterocycles. The lowest BCUT2D eigenvalue weighted by molar-refractivity contribution is -0.0598. The van der Waals surface area contributed by atoms with Crippen LogP contribution in [0.1, 0.15) is 18.4 Å². The third-order valence-electron chi connectivity index (χ3n) is 2.65. The van der Waals surface area contributed by atoms with Crippen LogP contribution in [0.4, 0.5) is 4.39 Å². The lowest BCUT2D eigenvalue weighted by Gasteiger charge is -2.26. The molecule has 1 saturated heterocycles. The van der Waals surface area contributed by atoms with Gasteiger partial charge in [0.1, 0.15) is 0 Å². The first kappa shape index (κ1) is 10.4. The minimum atomic E-state index is -0.257. The van der Waals surface area contributed by atoms with Gasteiger partial charge in [0.15, 0.2) is 11.6 Å². The maximum absolute atomic E-state index is 13.5. The Kier molecular flexibility index (Phi) is 3.21. The monoisotopic (exact) mass is 210 g/mol. The van der Waals surface area contributed by atoms with E-state index in [4.69, 9.17) is 9.47 Å². The van der Waals surface area contributed by atoms with Gasteiger partial charge >= 0.3 is 0 Å². The zero-order chi connectivity index (χ0) is 10.7. The quantitative estimate of drug-likeness (QED) is 0.760. The molecule has 2 nitrogen and oxygen atoms in total. The van der Waals surface area contributed by atoms with Gasteiger partial charge in [0, 0.05) is 13.0 Å². The summed E-state index contributed by atoms with van der Waals surface area (Å²) in [7, 11) is 0. The Morgan fingerprint density at radius 3 is 3.00 bits per heavy atom. The van der Waals surface area contributed by atoms with Gasteiger partial charge in [0.05, 0.1) is 12.7 Å². The van der Waals surface area contributed by atoms with E-state index in [1.165, 1.54) is 0 Å². The van der Waals surface area contributed by atoms with Crippen molar-refractivity contribution in [2.75, 3.05) is 13.2 Å². The van der Waals surface area contributed by atoms with Crippen molar-refractivity contribution in [3.05, 3.63) is 29.6 Å². The largest absolute Gasteiger partial charge is 0.490 e. The van der Waals surface area contributed by atoms with Crippen LogP contribution >= 0.6 is 0 Å². The highest BCUT2D eigenvalue weighted by atomic mass is 19.1. The molecule has 0 amide bonds. The van der Waals surface area contributed by atoms with Crippen LogP contribution in [0, 0.1) is 12.7 Å². The number of benzene rings is 1. The van der Waals surface area contributed by atoms with Crippen molar-refractivity contribution in [1.82, 2.24) is 0 Å². The highest BCUT2D eigenvalue weighted by Gasteiger charge is 2.17. The standard InChI is InChI=1S/C12H15FO2/c1-9-3-2-4-11(12(9)13)15-8-6-10-5-7-14-10/h2-4,10H,5-8H2,1H3. The number of aryl methyl sites for hydroxylation is 1. The Balaban J connectivity index is 1.84. The second-order valence-corrected chi connectivity index (χ2v) is 3.81. The molecule has 0 N–H and O–H groups in total. The molecular formula is C12H15FO2. The van der Waals surface area contributed by atoms with Gasteiger partial charge in [-0.25, -0.2) is 4.39 Å². The molecule has 3 heteroatoms. The van der Waals surface area contributed by atoms with Gasteiger partial charge in [-0.3, -0.25) is 0 Å². The highest BCUT2D eigenvalue weighted by molar-refractivity contribution is 5.29. The second kappa shape index (κ2) is 4.62. The van der Waals surface area contributed by atoms with E-state index in [2.05, 4.69) is 0 Å². The normalized spacial score (nSPS) is 19.7. The van der Waals surface area contributed by atoms with Gasteiger partial charge in [0.25, 0.3) is 0 Å². The van der Waals surface area contributed by atoms with E-state index < -0.39 is 0 Å². The van der Waals surface area contributed by atoms with Gasteiger partial charge in [-0.15, -0.1) is 0 Å². The molecule has 0 spiro atoms. The molecule has 0 saturated carbocycles. The fourth-order valence-corrected chi connectivity index (χ4v) is 1.54. The van der Waals surface area contributed by atoms with Crippen molar-refractivity contribution in [3.8, 4) is 5.75 Å². The van der Waals surface area contributed by atoms with E-state index in [1.54, 1.807) is 25.1 Å². The number of ether oxygens (including phenoxy) is 2. The fourth-order valence-electron chi connectivity index (χ4n) is 1.54. The zero-order valence-corrected chi connectivity index (χ0v) is 8.83. The molecule has 1 aromatic carbocycles. The maximum Gasteiger partial charge on any atom is 0.167 e. The minimum absolute atomic E-state index is 0.257. The molecule has 0 radical (unpaired) electrons. The Labute approximate surface area is 89.0 Å². The number of rotatable bonds is 4. The molecule has 82 valence electrons. The summed E-state index contributed by atoms with van der Waals surface area (Å²) in [6.07, 6.45) is 2.26. The first-order valence-electron chi connectivity index (χ1n) is 5.27. The Bertz CT molecular complexity index is 334. The van der Waals surface area contributed by atoms with Crippen molar-refractivity contribution in [3.63, 3.8) is 0 Å². The fraction of sp³-hybridized carbons (Fsp3) is 0.500. The molecule has 15 heavy (non-hydrogen) atoms. The number of hydrogen-bond acceptors (Lipinski definition) is 2. The summed E-state index contributed by atoms with van der Waals surface area (Å²) < 4.78 is 24.1. The van der Waals surface area contributed by atoms with Gasteiger partial charge in [-0.2, -0.15) is 0 Å². The van der Waals surface area contributed by atoms with Crippen LogP contribution in [0.15, 0.2) is 18.2 Å². The highest BCUT2D eigenvalue weighted by Crippen LogP contribution is 2.21. The second-order valence-electron chi connectivity index (χ2n) is 3.81. The van der Waals surface area contributed by atoms with Gasteiger partial charge in [-0.1, -0.05) is 12.1 Å². The molecule has 1 aliphatic rings. The molecule has 0 bridgehead atoms. The van der Waals surface area contributed by atoms with Crippen molar-refractivity contribution in [2.45, 2.75) is 25.9 Å². The predicted octanol–water partition coefficient (Wildman–Crippen LogP) is 2.69. The molecular weight excluding hydrogens is 195 g/mol. The van der Waals surface area contributed by atoms with E-state index in [-0.39, 0.29) is 5.82 Å². The molecule has 0 aliphatic carbocycles. The van der Waals surface area contributed by atoms with E-state index in [1.807, 2.05) is 0 Å². The molecule has 2 rings (SSSR count). The van der Waals surface area contributed by atoms with E-state index >= 15 is 0 Å². The molecule has 0 aromatic heterocycles. The van der Waals surface area contributed by atoms with Crippen LogP contribution in [-0.2, 0) is 4.74 Å². The Hall–Kier alpha value is -1.09. The zero-order valence-electron chi connectivity index (χ0n) is 8.83. The first-order chi connectivity index (χ1) is 7.27. The van der Waals surface area contributed by atoms with Crippen molar-refractivity contribution in [1.29, 1.82) is 0 Å². The lowest BCUT2D eigenvalue weighted by Crippen LogP contribution is -2.28. The van der Waals surface area contributed by atoms with Gasteiger partial charge in [-0.05, 0) is 25.0 Å². The molecule has 1 unspecified atom stereocenters. The van der Waals surface area contributed by atoms with E-state index in [9.17, 15) is 4.39 Å². The van der Waals surface area contributed by atoms with Crippen LogP contribution < -0.4 is 4.74 Å². The minimum Gasteiger partial charge on any atom is -0.490 e. The SMILES string of the molecule is Cc1cccc(OCCC2CCO2)c1F. The lowest BCUT2D eigenvalue weighted by atomic mass is 10.1. The summed E-state index contributed by atoms with van der Waals surface area (Å²) in [5, 5.41) is 0. The summed E-state index contributed by atoms with van der Waals surface area (Å²) in [6, 6.07) is 5.19. The molecule has 1 aliphatic heterocycles. The summed E-state index contributed by atoms with van der Waals surface area (Å²) >= 11 is 0. The summed E-state index contributed by atoms with van der Waals surface area (Å²) in [4.78, 5) is 0. The van der Waals surface area contributed by atoms with Gasteiger partial charge in [0.2, 0.25) is 0 Å². The first-order valence-corrected chi connectivity index (χ1v) is 5.27. The summed E-state index contributed by atoms with van der Waals surface area (Å²) in [6.45, 7) is 3.10. The number of hydrogen-bond donors (Lipinski definition) is 0. The van der Waals surface area contributed by atoms with E-state index in [0.29, 0.717) is 24.0 Å². The van der Waals surface area contributed by atoms with Crippen molar-refractivity contribution in [2.24, 2.45) is 0 Å². The Morgan fingerprint density at radius 1 is 1.53 bits per heavy atom. The average molecular weight is 210 g/mol. The van der Waals surface area contributed by atoms with Crippen LogP contribution in [-0.4, -0.2) is 19.3 Å². The maximum atomic E-state index is 13.5. The van der Waals surface area contributed by atoms with Crippen LogP contribution in [0.2, 0.25) is 0 Å². The third-order valence-corrected chi connectivity index (χ3v) is 2.65. The third kappa shape index (κ3) is 2.48. The van der Waals surface area contributed by atoms with Crippen molar-refractivity contribution < 1.29 is 13.9 Å². The van der Waals surface area contributed by atoms with Crippen LogP contribution in [0.25, 0.3) is 0 Å². The topological polar surface area (TPSA) is 18.5 Å². The summed E-state index contributed by atoms with van der Waals surface area (Å²) in [5.41, 5.74) is 0.618. The smallest absolute Gasteiger partial charge is 0.167 e. The van der Waals surface area contributed by atoms with Crippen LogP contribution in [0.5, 0.6) is 5.75 Å². The Morgan fingerprint density at radius 2 is 2.33 bits per heavy atom. The van der Waals surface area contributed by atoms with E-state index in [0.717, 1.165) is 19.4 Å². The predicted molar refractivity (Wildman–Crippen MR) is 55.6 cm³/mol. The van der Waals surface area contributed by atoms with Gasteiger partial charge < -0.3 is 9.47 Å². The average Bonchev–Trinajstić information content (AvgIpc) is 2.16. The number of halogens is 1. The summed E-state index contributed by atoms with van der Waals surface area (Å²) in [5.74, 6) is 0.0846. The van der Waals surface area contributed by atoms with Crippen molar-refractivity contribution >= 4 is 0 Å².